The van der Waals surface area contributed by atoms with E-state index in [-0.39, 0.29) is 9.79 Å². The van der Waals surface area contributed by atoms with E-state index < -0.39 is 20.0 Å². The van der Waals surface area contributed by atoms with Crippen molar-refractivity contribution in [3.8, 4) is 11.8 Å². The summed E-state index contributed by atoms with van der Waals surface area (Å²) in [6.45, 7) is 7.49. The van der Waals surface area contributed by atoms with Gasteiger partial charge >= 0.3 is 0 Å². The highest BCUT2D eigenvalue weighted by atomic mass is 32.2. The molecule has 0 spiro atoms. The van der Waals surface area contributed by atoms with Crippen LogP contribution in [0.1, 0.15) is 33.4 Å². The molecule has 0 radical (unpaired) electrons. The largest absolute Gasteiger partial charge is 0.278 e. The summed E-state index contributed by atoms with van der Waals surface area (Å²) in [7, 11) is -7.67. The molecule has 6 nitrogen and oxygen atoms in total. The van der Waals surface area contributed by atoms with Crippen molar-refractivity contribution in [2.45, 2.75) is 37.5 Å². The van der Waals surface area contributed by atoms with E-state index in [1.165, 1.54) is 0 Å². The van der Waals surface area contributed by atoms with E-state index in [1.807, 2.05) is 33.8 Å². The van der Waals surface area contributed by atoms with Crippen molar-refractivity contribution >= 4 is 31.4 Å². The van der Waals surface area contributed by atoms with Gasteiger partial charge in [-0.1, -0.05) is 65.4 Å². The van der Waals surface area contributed by atoms with Gasteiger partial charge in [0.25, 0.3) is 20.0 Å². The van der Waals surface area contributed by atoms with Crippen molar-refractivity contribution in [3.63, 3.8) is 0 Å². The van der Waals surface area contributed by atoms with E-state index in [0.717, 1.165) is 22.3 Å². The molecule has 0 aromatic heterocycles. The van der Waals surface area contributed by atoms with Crippen LogP contribution in [-0.4, -0.2) is 16.8 Å². The quantitative estimate of drug-likeness (QED) is 0.295. The SMILES string of the molecule is Cc1ccc(S(=O)(=O)Nc2ccccc2C#Cc2cc(C)cc(C)c2NS(=O)(=O)c2ccc(C)cc2)cc1. The summed E-state index contributed by atoms with van der Waals surface area (Å²) in [5.41, 5.74) is 5.19. The first-order chi connectivity index (χ1) is 17.9. The zero-order chi connectivity index (χ0) is 27.5. The fourth-order valence-corrected chi connectivity index (χ4v) is 6.08. The zero-order valence-corrected chi connectivity index (χ0v) is 23.2. The Morgan fingerprint density at radius 2 is 1.05 bits per heavy atom. The molecule has 0 unspecified atom stereocenters. The number of rotatable bonds is 6. The minimum Gasteiger partial charge on any atom is -0.278 e. The number of hydrogen-bond acceptors (Lipinski definition) is 4. The summed E-state index contributed by atoms with van der Waals surface area (Å²) in [4.78, 5) is 0.297. The van der Waals surface area contributed by atoms with E-state index in [2.05, 4.69) is 21.3 Å². The molecule has 194 valence electrons. The Labute approximate surface area is 224 Å². The first-order valence-electron chi connectivity index (χ1n) is 11.9. The van der Waals surface area contributed by atoms with E-state index >= 15 is 0 Å². The van der Waals surface area contributed by atoms with Gasteiger partial charge < -0.3 is 0 Å². The van der Waals surface area contributed by atoms with Crippen LogP contribution < -0.4 is 9.44 Å². The number of nitrogens with one attached hydrogen (secondary N) is 2. The minimum atomic E-state index is -3.85. The molecule has 0 saturated carbocycles. The van der Waals surface area contributed by atoms with Crippen molar-refractivity contribution in [3.05, 3.63) is 118 Å². The third kappa shape index (κ3) is 6.25. The normalized spacial score (nSPS) is 11.4. The van der Waals surface area contributed by atoms with E-state index in [1.54, 1.807) is 78.9 Å². The molecule has 0 atom stereocenters. The Morgan fingerprint density at radius 3 is 1.63 bits per heavy atom. The smallest absolute Gasteiger partial charge is 0.261 e. The summed E-state index contributed by atoms with van der Waals surface area (Å²) in [6.07, 6.45) is 0. The third-order valence-electron chi connectivity index (χ3n) is 5.88. The van der Waals surface area contributed by atoms with Crippen molar-refractivity contribution < 1.29 is 16.8 Å². The average molecular weight is 545 g/mol. The fraction of sp³-hybridized carbons (Fsp3) is 0.133. The summed E-state index contributed by atoms with van der Waals surface area (Å²) in [5.74, 6) is 6.08. The highest BCUT2D eigenvalue weighted by Crippen LogP contribution is 2.26. The predicted molar refractivity (Wildman–Crippen MR) is 152 cm³/mol. The van der Waals surface area contributed by atoms with Crippen LogP contribution in [0.5, 0.6) is 0 Å². The number of para-hydroxylation sites is 1. The molecule has 4 aromatic rings. The molecular weight excluding hydrogens is 516 g/mol. The lowest BCUT2D eigenvalue weighted by molar-refractivity contribution is 0.599. The Kier molecular flexibility index (Phi) is 7.63. The molecule has 0 fully saturated rings. The molecule has 0 amide bonds. The minimum absolute atomic E-state index is 0.146. The second-order valence-electron chi connectivity index (χ2n) is 9.14. The van der Waals surface area contributed by atoms with Crippen molar-refractivity contribution in [2.24, 2.45) is 0 Å². The molecule has 0 aliphatic carbocycles. The van der Waals surface area contributed by atoms with Gasteiger partial charge in [-0.25, -0.2) is 16.8 Å². The summed E-state index contributed by atoms with van der Waals surface area (Å²) >= 11 is 0. The molecule has 0 heterocycles. The highest BCUT2D eigenvalue weighted by molar-refractivity contribution is 7.93. The molecule has 0 aliphatic heterocycles. The Hall–Kier alpha value is -4.06. The van der Waals surface area contributed by atoms with Crippen LogP contribution in [0.15, 0.2) is 94.7 Å². The summed E-state index contributed by atoms with van der Waals surface area (Å²) < 4.78 is 57.4. The van der Waals surface area contributed by atoms with Crippen LogP contribution in [0.3, 0.4) is 0 Å². The van der Waals surface area contributed by atoms with Gasteiger partial charge in [-0.15, -0.1) is 0 Å². The molecule has 2 N–H and O–H groups in total. The predicted octanol–water partition coefficient (Wildman–Crippen LogP) is 5.92. The van der Waals surface area contributed by atoms with E-state index in [4.69, 9.17) is 0 Å². The van der Waals surface area contributed by atoms with E-state index in [0.29, 0.717) is 22.5 Å². The zero-order valence-electron chi connectivity index (χ0n) is 21.5. The van der Waals surface area contributed by atoms with Crippen LogP contribution >= 0.6 is 0 Å². The number of hydrogen-bond donors (Lipinski definition) is 2. The van der Waals surface area contributed by atoms with Gasteiger partial charge in [0.1, 0.15) is 0 Å². The van der Waals surface area contributed by atoms with Gasteiger partial charge in [0, 0.05) is 11.1 Å². The number of anilines is 2. The maximum Gasteiger partial charge on any atom is 0.261 e. The van der Waals surface area contributed by atoms with Gasteiger partial charge in [0.2, 0.25) is 0 Å². The van der Waals surface area contributed by atoms with Gasteiger partial charge in [-0.2, -0.15) is 0 Å². The van der Waals surface area contributed by atoms with Crippen molar-refractivity contribution in [1.29, 1.82) is 0 Å². The van der Waals surface area contributed by atoms with E-state index in [9.17, 15) is 16.8 Å². The first kappa shape index (κ1) is 27.0. The maximum atomic E-state index is 13.1. The van der Waals surface area contributed by atoms with Crippen LogP contribution in [0.4, 0.5) is 11.4 Å². The summed E-state index contributed by atoms with van der Waals surface area (Å²) in [5, 5.41) is 0. The van der Waals surface area contributed by atoms with Crippen LogP contribution in [0, 0.1) is 39.5 Å². The standard InChI is InChI=1S/C30H28N2O4S2/c1-21-9-15-27(16-10-21)37(33,34)31-29-8-6-5-7-25(29)13-14-26-20-23(3)19-24(4)30(26)32-38(35,36)28-17-11-22(2)12-18-28/h5-12,15-20,31-32H,1-4H3. The molecule has 38 heavy (non-hydrogen) atoms. The first-order valence-corrected chi connectivity index (χ1v) is 14.8. The number of benzene rings is 4. The topological polar surface area (TPSA) is 92.3 Å². The second kappa shape index (κ2) is 10.7. The fourth-order valence-electron chi connectivity index (χ4n) is 3.85. The number of sulfonamides is 2. The molecular formula is C30H28N2O4S2. The lowest BCUT2D eigenvalue weighted by Crippen LogP contribution is -2.15. The lowest BCUT2D eigenvalue weighted by Gasteiger charge is -2.14. The number of aryl methyl sites for hydroxylation is 4. The van der Waals surface area contributed by atoms with Gasteiger partial charge in [0.15, 0.2) is 0 Å². The molecule has 0 bridgehead atoms. The Balaban J connectivity index is 1.71. The van der Waals surface area contributed by atoms with Gasteiger partial charge in [-0.3, -0.25) is 9.44 Å². The maximum absolute atomic E-state index is 13.1. The Bertz CT molecular complexity index is 1770. The Morgan fingerprint density at radius 1 is 0.553 bits per heavy atom. The third-order valence-corrected chi connectivity index (χ3v) is 8.63. The average Bonchev–Trinajstić information content (AvgIpc) is 2.85. The van der Waals surface area contributed by atoms with Crippen molar-refractivity contribution in [1.82, 2.24) is 0 Å². The molecule has 8 heteroatoms. The molecule has 0 aliphatic rings. The summed E-state index contributed by atoms with van der Waals surface area (Å²) in [6, 6.07) is 23.7. The van der Waals surface area contributed by atoms with Gasteiger partial charge in [0.05, 0.1) is 21.2 Å². The highest BCUT2D eigenvalue weighted by Gasteiger charge is 2.18. The van der Waals surface area contributed by atoms with Crippen LogP contribution in [0.25, 0.3) is 0 Å². The monoisotopic (exact) mass is 544 g/mol. The second-order valence-corrected chi connectivity index (χ2v) is 12.5. The van der Waals surface area contributed by atoms with Crippen LogP contribution in [0.2, 0.25) is 0 Å². The molecule has 0 saturated heterocycles. The molecule has 4 rings (SSSR count). The molecule has 4 aromatic carbocycles. The van der Waals surface area contributed by atoms with Crippen LogP contribution in [-0.2, 0) is 20.0 Å². The lowest BCUT2D eigenvalue weighted by atomic mass is 10.0. The van der Waals surface area contributed by atoms with Crippen molar-refractivity contribution in [2.75, 3.05) is 9.44 Å². The van der Waals surface area contributed by atoms with Gasteiger partial charge in [-0.05, 0) is 81.3 Å².